The minimum atomic E-state index is -0.664. The summed E-state index contributed by atoms with van der Waals surface area (Å²) in [5.41, 5.74) is 1.41. The minimum Gasteiger partial charge on any atom is -0.481 e. The highest BCUT2D eigenvalue weighted by molar-refractivity contribution is 5.75. The van der Waals surface area contributed by atoms with Gasteiger partial charge < -0.3 is 5.11 Å². The summed E-state index contributed by atoms with van der Waals surface area (Å²) >= 11 is 0. The van der Waals surface area contributed by atoms with Crippen molar-refractivity contribution in [3.05, 3.63) is 48.3 Å². The molecule has 0 aliphatic heterocycles. The van der Waals surface area contributed by atoms with Crippen LogP contribution in [0, 0.1) is 5.41 Å². The van der Waals surface area contributed by atoms with Crippen molar-refractivity contribution >= 4 is 5.97 Å². The highest BCUT2D eigenvalue weighted by Crippen LogP contribution is 2.41. The Bertz CT molecular complexity index is 598. The molecule has 0 amide bonds. The molecule has 1 N–H and O–H groups in total. The van der Waals surface area contributed by atoms with E-state index in [0.29, 0.717) is 6.42 Å². The van der Waals surface area contributed by atoms with Gasteiger partial charge in [0.15, 0.2) is 0 Å². The van der Waals surface area contributed by atoms with E-state index in [0.717, 1.165) is 36.9 Å². The Hall–Kier alpha value is -2.10. The molecule has 0 unspecified atom stereocenters. The number of para-hydroxylation sites is 1. The molecule has 0 spiro atoms. The first kappa shape index (κ1) is 12.9. The van der Waals surface area contributed by atoms with Gasteiger partial charge in [-0.25, -0.2) is 4.68 Å². The molecular weight excluding hydrogens is 252 g/mol. The topological polar surface area (TPSA) is 55.1 Å². The molecule has 0 atom stereocenters. The van der Waals surface area contributed by atoms with Crippen LogP contribution in [0.25, 0.3) is 5.69 Å². The van der Waals surface area contributed by atoms with Gasteiger partial charge in [-0.05, 0) is 37.0 Å². The van der Waals surface area contributed by atoms with E-state index >= 15 is 0 Å². The largest absolute Gasteiger partial charge is 0.481 e. The molecule has 1 aromatic carbocycles. The zero-order valence-electron chi connectivity index (χ0n) is 11.3. The zero-order chi connectivity index (χ0) is 14.0. The zero-order valence-corrected chi connectivity index (χ0v) is 11.3. The SMILES string of the molecule is O=C(O)C1(Cc2cnn(-c3ccccc3)c2)CCCC1. The summed E-state index contributed by atoms with van der Waals surface area (Å²) in [6.07, 6.45) is 7.89. The number of carboxylic acid groups (broad SMARTS) is 1. The van der Waals surface area contributed by atoms with E-state index in [4.69, 9.17) is 0 Å². The fourth-order valence-electron chi connectivity index (χ4n) is 3.08. The maximum Gasteiger partial charge on any atom is 0.309 e. The van der Waals surface area contributed by atoms with Gasteiger partial charge in [-0.2, -0.15) is 5.10 Å². The standard InChI is InChI=1S/C16H18N2O2/c19-15(20)16(8-4-5-9-16)10-13-11-17-18(12-13)14-6-2-1-3-7-14/h1-3,6-7,11-12H,4-5,8-10H2,(H,19,20). The van der Waals surface area contributed by atoms with Gasteiger partial charge in [-0.3, -0.25) is 4.79 Å². The number of carboxylic acids is 1. The summed E-state index contributed by atoms with van der Waals surface area (Å²) in [7, 11) is 0. The molecule has 2 aromatic rings. The lowest BCUT2D eigenvalue weighted by Crippen LogP contribution is -2.30. The van der Waals surface area contributed by atoms with Crippen LogP contribution in [-0.2, 0) is 11.2 Å². The quantitative estimate of drug-likeness (QED) is 0.929. The number of rotatable bonds is 4. The Kier molecular flexibility index (Phi) is 3.30. The van der Waals surface area contributed by atoms with Crippen LogP contribution in [0.5, 0.6) is 0 Å². The van der Waals surface area contributed by atoms with Crippen LogP contribution in [0.2, 0.25) is 0 Å². The summed E-state index contributed by atoms with van der Waals surface area (Å²) in [5, 5.41) is 13.9. The highest BCUT2D eigenvalue weighted by atomic mass is 16.4. The van der Waals surface area contributed by atoms with Crippen LogP contribution >= 0.6 is 0 Å². The summed E-state index contributed by atoms with van der Waals surface area (Å²) in [6, 6.07) is 9.86. The molecule has 20 heavy (non-hydrogen) atoms. The number of nitrogens with zero attached hydrogens (tertiary/aromatic N) is 2. The van der Waals surface area contributed by atoms with Crippen molar-refractivity contribution in [3.8, 4) is 5.69 Å². The first-order chi connectivity index (χ1) is 9.70. The van der Waals surface area contributed by atoms with Gasteiger partial charge in [0.05, 0.1) is 17.3 Å². The summed E-state index contributed by atoms with van der Waals surface area (Å²) < 4.78 is 1.81. The molecule has 3 rings (SSSR count). The van der Waals surface area contributed by atoms with Crippen molar-refractivity contribution in [2.45, 2.75) is 32.1 Å². The van der Waals surface area contributed by atoms with Gasteiger partial charge in [0.25, 0.3) is 0 Å². The summed E-state index contributed by atoms with van der Waals surface area (Å²) in [5.74, 6) is -0.664. The molecule has 0 bridgehead atoms. The maximum atomic E-state index is 11.6. The molecule has 0 radical (unpaired) electrons. The second-order valence-electron chi connectivity index (χ2n) is 5.60. The fourth-order valence-corrected chi connectivity index (χ4v) is 3.08. The van der Waals surface area contributed by atoms with Gasteiger partial charge in [0, 0.05) is 6.20 Å². The smallest absolute Gasteiger partial charge is 0.309 e. The van der Waals surface area contributed by atoms with Crippen LogP contribution in [0.15, 0.2) is 42.7 Å². The lowest BCUT2D eigenvalue weighted by Gasteiger charge is -2.22. The van der Waals surface area contributed by atoms with E-state index in [-0.39, 0.29) is 0 Å². The molecule has 1 fully saturated rings. The third-order valence-electron chi connectivity index (χ3n) is 4.21. The molecule has 1 saturated carbocycles. The van der Waals surface area contributed by atoms with Gasteiger partial charge in [0.2, 0.25) is 0 Å². The van der Waals surface area contributed by atoms with Crippen LogP contribution in [0.1, 0.15) is 31.2 Å². The van der Waals surface area contributed by atoms with Crippen LogP contribution in [-0.4, -0.2) is 20.9 Å². The molecule has 0 saturated heterocycles. The number of hydrogen-bond acceptors (Lipinski definition) is 2. The van der Waals surface area contributed by atoms with E-state index in [1.807, 2.05) is 36.5 Å². The Labute approximate surface area is 118 Å². The minimum absolute atomic E-state index is 0.579. The number of hydrogen-bond donors (Lipinski definition) is 1. The van der Waals surface area contributed by atoms with Crippen molar-refractivity contribution in [2.24, 2.45) is 5.41 Å². The summed E-state index contributed by atoms with van der Waals surface area (Å²) in [4.78, 5) is 11.6. The van der Waals surface area contributed by atoms with E-state index in [1.54, 1.807) is 10.9 Å². The first-order valence-electron chi connectivity index (χ1n) is 7.02. The molecule has 104 valence electrons. The van der Waals surface area contributed by atoms with Gasteiger partial charge in [-0.1, -0.05) is 31.0 Å². The molecule has 1 heterocycles. The lowest BCUT2D eigenvalue weighted by atomic mass is 9.81. The van der Waals surface area contributed by atoms with E-state index in [9.17, 15) is 9.90 Å². The second-order valence-corrected chi connectivity index (χ2v) is 5.60. The van der Waals surface area contributed by atoms with E-state index in [2.05, 4.69) is 5.10 Å². The van der Waals surface area contributed by atoms with Crippen molar-refractivity contribution < 1.29 is 9.90 Å². The Morgan fingerprint density at radius 2 is 1.95 bits per heavy atom. The van der Waals surface area contributed by atoms with Crippen molar-refractivity contribution in [3.63, 3.8) is 0 Å². The number of carbonyl (C=O) groups is 1. The Balaban J connectivity index is 1.82. The monoisotopic (exact) mass is 270 g/mol. The normalized spacial score (nSPS) is 17.2. The third-order valence-corrected chi connectivity index (χ3v) is 4.21. The molecule has 4 nitrogen and oxygen atoms in total. The number of benzene rings is 1. The third kappa shape index (κ3) is 2.33. The molecule has 1 aliphatic rings. The first-order valence-corrected chi connectivity index (χ1v) is 7.02. The number of aliphatic carboxylic acids is 1. The second kappa shape index (κ2) is 5.12. The van der Waals surface area contributed by atoms with E-state index < -0.39 is 11.4 Å². The Morgan fingerprint density at radius 1 is 1.25 bits per heavy atom. The Morgan fingerprint density at radius 3 is 2.60 bits per heavy atom. The molecular formula is C16H18N2O2. The van der Waals surface area contributed by atoms with Crippen molar-refractivity contribution in [1.82, 2.24) is 9.78 Å². The van der Waals surface area contributed by atoms with Crippen LogP contribution < -0.4 is 0 Å². The average Bonchev–Trinajstić information content (AvgIpc) is 3.10. The molecule has 4 heteroatoms. The van der Waals surface area contributed by atoms with Crippen LogP contribution in [0.3, 0.4) is 0 Å². The average molecular weight is 270 g/mol. The predicted molar refractivity (Wildman–Crippen MR) is 75.8 cm³/mol. The lowest BCUT2D eigenvalue weighted by molar-refractivity contribution is -0.148. The van der Waals surface area contributed by atoms with Crippen molar-refractivity contribution in [2.75, 3.05) is 0 Å². The summed E-state index contributed by atoms with van der Waals surface area (Å²) in [6.45, 7) is 0. The van der Waals surface area contributed by atoms with E-state index in [1.165, 1.54) is 0 Å². The molecule has 1 aromatic heterocycles. The van der Waals surface area contributed by atoms with Crippen LogP contribution in [0.4, 0.5) is 0 Å². The number of aromatic nitrogens is 2. The maximum absolute atomic E-state index is 11.6. The van der Waals surface area contributed by atoms with Gasteiger partial charge >= 0.3 is 5.97 Å². The predicted octanol–water partition coefficient (Wildman–Crippen LogP) is 3.06. The van der Waals surface area contributed by atoms with Gasteiger partial charge in [0.1, 0.15) is 0 Å². The molecule has 1 aliphatic carbocycles. The van der Waals surface area contributed by atoms with Gasteiger partial charge in [-0.15, -0.1) is 0 Å². The highest BCUT2D eigenvalue weighted by Gasteiger charge is 2.41. The van der Waals surface area contributed by atoms with Crippen molar-refractivity contribution in [1.29, 1.82) is 0 Å². The fraction of sp³-hybridized carbons (Fsp3) is 0.375.